The number of hydrogen-bond donors (Lipinski definition) is 0. The lowest BCUT2D eigenvalue weighted by atomic mass is 9.76. The number of benzene rings is 1. The van der Waals surface area contributed by atoms with Crippen LogP contribution in [-0.2, 0) is 25.5 Å². The van der Waals surface area contributed by atoms with Crippen molar-refractivity contribution in [1.29, 1.82) is 0 Å². The number of hydrogen-bond acceptors (Lipinski definition) is 4. The molecule has 0 N–H and O–H groups in total. The highest BCUT2D eigenvalue weighted by Crippen LogP contribution is 2.34. The van der Waals surface area contributed by atoms with E-state index in [9.17, 15) is 9.59 Å². The Morgan fingerprint density at radius 1 is 0.926 bits per heavy atom. The van der Waals surface area contributed by atoms with Gasteiger partial charge in [0.05, 0.1) is 13.2 Å². The van der Waals surface area contributed by atoms with E-state index in [1.165, 1.54) is 0 Å². The van der Waals surface area contributed by atoms with Gasteiger partial charge < -0.3 is 9.47 Å². The Morgan fingerprint density at radius 3 is 1.89 bits per heavy atom. The van der Waals surface area contributed by atoms with Crippen LogP contribution < -0.4 is 0 Å². The zero-order valence-electron chi connectivity index (χ0n) is 17.5. The molecule has 1 aromatic rings. The third-order valence-electron chi connectivity index (χ3n) is 4.74. The van der Waals surface area contributed by atoms with Crippen molar-refractivity contribution in [3.63, 3.8) is 0 Å². The fourth-order valence-electron chi connectivity index (χ4n) is 2.89. The molecule has 0 unspecified atom stereocenters. The first-order valence-corrected chi connectivity index (χ1v) is 10.3. The molecule has 4 nitrogen and oxygen atoms in total. The summed E-state index contributed by atoms with van der Waals surface area (Å²) in [6.45, 7) is 8.97. The summed E-state index contributed by atoms with van der Waals surface area (Å²) in [6, 6.07) is 9.67. The lowest BCUT2D eigenvalue weighted by Gasteiger charge is -2.30. The minimum Gasteiger partial charge on any atom is -0.465 e. The maximum absolute atomic E-state index is 13.1. The summed E-state index contributed by atoms with van der Waals surface area (Å²) in [6.07, 6.45) is 4.98. The van der Waals surface area contributed by atoms with Gasteiger partial charge in [0.15, 0.2) is 5.41 Å². The standard InChI is InChI=1S/C23H36O4/c1-5-7-16-26-21(24)23(15-14-19(3)4,22(25)27-17-8-6-2)18-20-12-10-9-11-13-20/h9-13,19H,5-8,14-18H2,1-4H3. The summed E-state index contributed by atoms with van der Waals surface area (Å²) in [5.74, 6) is -0.504. The Balaban J connectivity index is 3.14. The first-order chi connectivity index (χ1) is 13.0. The van der Waals surface area contributed by atoms with Crippen LogP contribution in [0.2, 0.25) is 0 Å². The molecule has 0 fully saturated rings. The number of unbranched alkanes of at least 4 members (excludes halogenated alkanes) is 2. The van der Waals surface area contributed by atoms with Gasteiger partial charge in [-0.25, -0.2) is 0 Å². The van der Waals surface area contributed by atoms with E-state index in [-0.39, 0.29) is 0 Å². The highest BCUT2D eigenvalue weighted by molar-refractivity contribution is 6.00. The molecule has 0 heterocycles. The van der Waals surface area contributed by atoms with Crippen molar-refractivity contribution in [2.45, 2.75) is 72.6 Å². The predicted molar refractivity (Wildman–Crippen MR) is 108 cm³/mol. The van der Waals surface area contributed by atoms with Gasteiger partial charge in [0.2, 0.25) is 0 Å². The second-order valence-electron chi connectivity index (χ2n) is 7.66. The molecular formula is C23H36O4. The molecule has 0 radical (unpaired) electrons. The molecule has 0 aliphatic carbocycles. The molecule has 0 aromatic heterocycles. The molecule has 0 amide bonds. The van der Waals surface area contributed by atoms with Crippen LogP contribution in [-0.4, -0.2) is 25.2 Å². The average Bonchev–Trinajstić information content (AvgIpc) is 2.66. The number of esters is 2. The SMILES string of the molecule is CCCCOC(=O)C(CCC(C)C)(Cc1ccccc1)C(=O)OCCCC. The number of ether oxygens (including phenoxy) is 2. The Hall–Kier alpha value is -1.84. The van der Waals surface area contributed by atoms with Crippen LogP contribution in [0.5, 0.6) is 0 Å². The third kappa shape index (κ3) is 7.74. The minimum absolute atomic E-state index is 0.316. The number of rotatable bonds is 13. The topological polar surface area (TPSA) is 52.6 Å². The van der Waals surface area contributed by atoms with Gasteiger partial charge in [-0.1, -0.05) is 70.9 Å². The van der Waals surface area contributed by atoms with Crippen LogP contribution >= 0.6 is 0 Å². The summed E-state index contributed by atoms with van der Waals surface area (Å²) in [7, 11) is 0. The third-order valence-corrected chi connectivity index (χ3v) is 4.74. The lowest BCUT2D eigenvalue weighted by molar-refractivity contribution is -0.173. The van der Waals surface area contributed by atoms with E-state index in [0.717, 1.165) is 37.7 Å². The minimum atomic E-state index is -1.27. The van der Waals surface area contributed by atoms with Crippen LogP contribution in [0.15, 0.2) is 30.3 Å². The van der Waals surface area contributed by atoms with Crippen molar-refractivity contribution >= 4 is 11.9 Å². The first kappa shape index (κ1) is 23.2. The average molecular weight is 377 g/mol. The summed E-state index contributed by atoms with van der Waals surface area (Å²) in [5.41, 5.74) is -0.325. The quantitative estimate of drug-likeness (QED) is 0.265. The summed E-state index contributed by atoms with van der Waals surface area (Å²) in [5, 5.41) is 0. The monoisotopic (exact) mass is 376 g/mol. The van der Waals surface area contributed by atoms with Crippen molar-refractivity contribution in [3.8, 4) is 0 Å². The maximum atomic E-state index is 13.1. The molecule has 27 heavy (non-hydrogen) atoms. The van der Waals surface area contributed by atoms with E-state index < -0.39 is 17.4 Å². The van der Waals surface area contributed by atoms with Crippen LogP contribution in [0, 0.1) is 11.3 Å². The Bertz CT molecular complexity index is 529. The smallest absolute Gasteiger partial charge is 0.323 e. The summed E-state index contributed by atoms with van der Waals surface area (Å²) in [4.78, 5) is 26.2. The Morgan fingerprint density at radius 2 is 1.44 bits per heavy atom. The highest BCUT2D eigenvalue weighted by atomic mass is 16.6. The van der Waals surface area contributed by atoms with Gasteiger partial charge in [-0.05, 0) is 43.6 Å². The molecule has 0 atom stereocenters. The molecule has 152 valence electrons. The van der Waals surface area contributed by atoms with E-state index in [1.54, 1.807) is 0 Å². The summed E-state index contributed by atoms with van der Waals surface area (Å²) < 4.78 is 11.1. The van der Waals surface area contributed by atoms with Crippen LogP contribution in [0.4, 0.5) is 0 Å². The second-order valence-corrected chi connectivity index (χ2v) is 7.66. The largest absolute Gasteiger partial charge is 0.465 e. The van der Waals surface area contributed by atoms with Crippen molar-refractivity contribution in [3.05, 3.63) is 35.9 Å². The van der Waals surface area contributed by atoms with Crippen LogP contribution in [0.25, 0.3) is 0 Å². The molecular weight excluding hydrogens is 340 g/mol. The molecule has 0 bridgehead atoms. The number of carbonyl (C=O) groups is 2. The van der Waals surface area contributed by atoms with Crippen LogP contribution in [0.1, 0.15) is 71.8 Å². The van der Waals surface area contributed by atoms with Crippen LogP contribution in [0.3, 0.4) is 0 Å². The molecule has 0 aliphatic heterocycles. The Labute approximate surface area is 164 Å². The summed E-state index contributed by atoms with van der Waals surface area (Å²) >= 11 is 0. The van der Waals surface area contributed by atoms with E-state index in [4.69, 9.17) is 9.47 Å². The van der Waals surface area contributed by atoms with Crippen molar-refractivity contribution in [2.75, 3.05) is 13.2 Å². The number of carbonyl (C=O) groups excluding carboxylic acids is 2. The second kappa shape index (κ2) is 12.5. The van der Waals surface area contributed by atoms with Gasteiger partial charge >= 0.3 is 11.9 Å². The maximum Gasteiger partial charge on any atom is 0.323 e. The molecule has 0 aliphatic rings. The predicted octanol–water partition coefficient (Wildman–Crippen LogP) is 5.34. The lowest BCUT2D eigenvalue weighted by Crippen LogP contribution is -2.44. The van der Waals surface area contributed by atoms with Gasteiger partial charge in [0.1, 0.15) is 0 Å². The van der Waals surface area contributed by atoms with Crippen molar-refractivity contribution in [2.24, 2.45) is 11.3 Å². The molecule has 1 rings (SSSR count). The van der Waals surface area contributed by atoms with Gasteiger partial charge in [0, 0.05) is 0 Å². The molecule has 0 spiro atoms. The van der Waals surface area contributed by atoms with E-state index in [1.807, 2.05) is 44.2 Å². The Kier molecular flexibility index (Phi) is 10.8. The highest BCUT2D eigenvalue weighted by Gasteiger charge is 2.48. The van der Waals surface area contributed by atoms with Crippen molar-refractivity contribution < 1.29 is 19.1 Å². The molecule has 0 saturated carbocycles. The van der Waals surface area contributed by atoms with Gasteiger partial charge in [0.25, 0.3) is 0 Å². The van der Waals surface area contributed by atoms with E-state index >= 15 is 0 Å². The van der Waals surface area contributed by atoms with E-state index in [2.05, 4.69) is 13.8 Å². The fourth-order valence-corrected chi connectivity index (χ4v) is 2.89. The molecule has 4 heteroatoms. The van der Waals surface area contributed by atoms with E-state index in [0.29, 0.717) is 32.0 Å². The molecule has 1 aromatic carbocycles. The zero-order valence-corrected chi connectivity index (χ0v) is 17.5. The normalized spacial score (nSPS) is 11.4. The van der Waals surface area contributed by atoms with Gasteiger partial charge in [-0.2, -0.15) is 0 Å². The fraction of sp³-hybridized carbons (Fsp3) is 0.652. The molecule has 0 saturated heterocycles. The van der Waals surface area contributed by atoms with Gasteiger partial charge in [-0.15, -0.1) is 0 Å². The van der Waals surface area contributed by atoms with Gasteiger partial charge in [-0.3, -0.25) is 9.59 Å². The zero-order chi connectivity index (χ0) is 20.1. The van der Waals surface area contributed by atoms with Crippen molar-refractivity contribution in [1.82, 2.24) is 0 Å². The first-order valence-electron chi connectivity index (χ1n) is 10.3.